The van der Waals surface area contributed by atoms with Crippen molar-refractivity contribution in [3.63, 3.8) is 0 Å². The molecule has 3 N–H and O–H groups in total. The van der Waals surface area contributed by atoms with Gasteiger partial charge in [-0.15, -0.1) is 11.3 Å². The van der Waals surface area contributed by atoms with Gasteiger partial charge < -0.3 is 10.2 Å². The summed E-state index contributed by atoms with van der Waals surface area (Å²) in [4.78, 5) is 12.5. The van der Waals surface area contributed by atoms with Gasteiger partial charge in [0.25, 0.3) is 0 Å². The van der Waals surface area contributed by atoms with Crippen molar-refractivity contribution in [2.45, 2.75) is 26.0 Å². The Labute approximate surface area is 128 Å². The van der Waals surface area contributed by atoms with E-state index in [0.29, 0.717) is 11.7 Å². The Kier molecular flexibility index (Phi) is 4.34. The quantitative estimate of drug-likeness (QED) is 0.663. The smallest absolute Gasteiger partial charge is 0.152 e. The summed E-state index contributed by atoms with van der Waals surface area (Å²) in [6.07, 6.45) is 1.43. The van der Waals surface area contributed by atoms with Crippen LogP contribution in [0.25, 0.3) is 10.2 Å². The maximum atomic E-state index is 5.57. The predicted molar refractivity (Wildman–Crippen MR) is 85.1 cm³/mol. The third-order valence-electron chi connectivity index (χ3n) is 4.15. The summed E-state index contributed by atoms with van der Waals surface area (Å²) < 4.78 is 5.56. The van der Waals surface area contributed by atoms with Gasteiger partial charge in [0.2, 0.25) is 0 Å². The van der Waals surface area contributed by atoms with Crippen molar-refractivity contribution >= 4 is 27.4 Å². The molecule has 7 heteroatoms. The average molecular weight is 307 g/mol. The number of piperidine rings is 1. The van der Waals surface area contributed by atoms with Crippen LogP contribution < -0.4 is 11.3 Å². The van der Waals surface area contributed by atoms with Crippen LogP contribution in [-0.4, -0.2) is 41.2 Å². The molecule has 6 nitrogen and oxygen atoms in total. The standard InChI is InChI=1S/C14H21N5OS/c1-9-3-5-19(7-11(9)20-2)8-12-16-13(18-15)10-4-6-21-14(10)17-12/h4,6,9,11H,3,5,7-8,15H2,1-2H3,(H,16,17,18). The molecule has 3 heterocycles. The van der Waals surface area contributed by atoms with Crippen LogP contribution in [0.3, 0.4) is 0 Å². The van der Waals surface area contributed by atoms with E-state index < -0.39 is 0 Å². The number of anilines is 1. The van der Waals surface area contributed by atoms with Crippen molar-refractivity contribution < 1.29 is 4.74 Å². The molecule has 0 bridgehead atoms. The van der Waals surface area contributed by atoms with Gasteiger partial charge in [0.15, 0.2) is 5.82 Å². The third kappa shape index (κ3) is 3.01. The number of hydrogen-bond donors (Lipinski definition) is 2. The van der Waals surface area contributed by atoms with E-state index in [9.17, 15) is 0 Å². The number of rotatable bonds is 4. The summed E-state index contributed by atoms with van der Waals surface area (Å²) in [6, 6.07) is 1.99. The number of nitrogens with one attached hydrogen (secondary N) is 1. The number of hydrazine groups is 1. The van der Waals surface area contributed by atoms with Crippen LogP contribution in [0.2, 0.25) is 0 Å². The molecule has 2 aromatic rings. The van der Waals surface area contributed by atoms with Crippen LogP contribution in [-0.2, 0) is 11.3 Å². The first-order valence-corrected chi connectivity index (χ1v) is 8.05. The molecule has 114 valence electrons. The van der Waals surface area contributed by atoms with E-state index in [2.05, 4.69) is 27.2 Å². The number of nitrogen functional groups attached to an aromatic ring is 1. The third-order valence-corrected chi connectivity index (χ3v) is 4.96. The van der Waals surface area contributed by atoms with E-state index >= 15 is 0 Å². The number of methoxy groups -OCH3 is 1. The molecule has 0 radical (unpaired) electrons. The molecule has 2 atom stereocenters. The minimum atomic E-state index is 0.288. The van der Waals surface area contributed by atoms with E-state index in [1.54, 1.807) is 18.4 Å². The Morgan fingerprint density at radius 3 is 3.14 bits per heavy atom. The Bertz CT molecular complexity index is 616. The zero-order valence-electron chi connectivity index (χ0n) is 12.4. The van der Waals surface area contributed by atoms with Crippen LogP contribution in [0.1, 0.15) is 19.2 Å². The van der Waals surface area contributed by atoms with Gasteiger partial charge in [0.05, 0.1) is 18.0 Å². The minimum absolute atomic E-state index is 0.288. The number of aromatic nitrogens is 2. The first kappa shape index (κ1) is 14.6. The van der Waals surface area contributed by atoms with E-state index in [1.807, 2.05) is 11.4 Å². The van der Waals surface area contributed by atoms with Gasteiger partial charge in [0, 0.05) is 13.7 Å². The summed E-state index contributed by atoms with van der Waals surface area (Å²) in [5, 5.41) is 2.99. The highest BCUT2D eigenvalue weighted by Gasteiger charge is 2.26. The lowest BCUT2D eigenvalue weighted by Crippen LogP contribution is -2.43. The minimum Gasteiger partial charge on any atom is -0.380 e. The highest BCUT2D eigenvalue weighted by atomic mass is 32.1. The van der Waals surface area contributed by atoms with Gasteiger partial charge in [-0.3, -0.25) is 4.90 Å². The van der Waals surface area contributed by atoms with Crippen molar-refractivity contribution in [3.8, 4) is 0 Å². The summed E-state index contributed by atoms with van der Waals surface area (Å²) >= 11 is 1.61. The summed E-state index contributed by atoms with van der Waals surface area (Å²) in [5.41, 5.74) is 2.67. The van der Waals surface area contributed by atoms with Gasteiger partial charge in [-0.1, -0.05) is 6.92 Å². The number of ether oxygens (including phenoxy) is 1. The highest BCUT2D eigenvalue weighted by Crippen LogP contribution is 2.26. The van der Waals surface area contributed by atoms with Crippen LogP contribution in [0.4, 0.5) is 5.82 Å². The number of nitrogens with zero attached hydrogens (tertiary/aromatic N) is 3. The topological polar surface area (TPSA) is 76.3 Å². The summed E-state index contributed by atoms with van der Waals surface area (Å²) in [5.74, 6) is 7.68. The molecule has 1 saturated heterocycles. The van der Waals surface area contributed by atoms with Crippen molar-refractivity contribution in [2.24, 2.45) is 11.8 Å². The Morgan fingerprint density at radius 2 is 2.38 bits per heavy atom. The van der Waals surface area contributed by atoms with Gasteiger partial charge >= 0.3 is 0 Å². The Balaban J connectivity index is 1.78. The Hall–Kier alpha value is -1.28. The second kappa shape index (κ2) is 6.23. The molecule has 21 heavy (non-hydrogen) atoms. The van der Waals surface area contributed by atoms with Gasteiger partial charge in [-0.25, -0.2) is 15.8 Å². The average Bonchev–Trinajstić information content (AvgIpc) is 2.96. The molecule has 1 fully saturated rings. The molecular weight excluding hydrogens is 286 g/mol. The van der Waals surface area contributed by atoms with Crippen LogP contribution in [0, 0.1) is 5.92 Å². The molecular formula is C14H21N5OS. The first-order chi connectivity index (χ1) is 10.2. The number of nitrogens with two attached hydrogens (primary N) is 1. The Morgan fingerprint density at radius 1 is 1.52 bits per heavy atom. The van der Waals surface area contributed by atoms with E-state index in [4.69, 9.17) is 10.6 Å². The zero-order chi connectivity index (χ0) is 14.8. The normalized spacial score (nSPS) is 23.6. The van der Waals surface area contributed by atoms with Crippen molar-refractivity contribution in [1.29, 1.82) is 0 Å². The highest BCUT2D eigenvalue weighted by molar-refractivity contribution is 7.16. The van der Waals surface area contributed by atoms with Crippen molar-refractivity contribution in [3.05, 3.63) is 17.3 Å². The fourth-order valence-electron chi connectivity index (χ4n) is 2.83. The fraction of sp³-hybridized carbons (Fsp3) is 0.571. The molecule has 2 unspecified atom stereocenters. The first-order valence-electron chi connectivity index (χ1n) is 7.17. The molecule has 0 aliphatic carbocycles. The van der Waals surface area contributed by atoms with E-state index in [0.717, 1.165) is 42.1 Å². The van der Waals surface area contributed by atoms with Crippen LogP contribution in [0.15, 0.2) is 11.4 Å². The largest absolute Gasteiger partial charge is 0.380 e. The van der Waals surface area contributed by atoms with Crippen LogP contribution >= 0.6 is 11.3 Å². The molecule has 1 aliphatic heterocycles. The monoisotopic (exact) mass is 307 g/mol. The lowest BCUT2D eigenvalue weighted by molar-refractivity contribution is -0.00811. The predicted octanol–water partition coefficient (Wildman–Crippen LogP) is 1.83. The molecule has 3 rings (SSSR count). The second-order valence-corrected chi connectivity index (χ2v) is 6.44. The summed E-state index contributed by atoms with van der Waals surface area (Å²) in [6.45, 7) is 4.96. The number of likely N-dealkylation sites (tertiary alicyclic amines) is 1. The zero-order valence-corrected chi connectivity index (χ0v) is 13.2. The van der Waals surface area contributed by atoms with Crippen molar-refractivity contribution in [1.82, 2.24) is 14.9 Å². The molecule has 0 spiro atoms. The van der Waals surface area contributed by atoms with Gasteiger partial charge in [-0.05, 0) is 30.3 Å². The number of fused-ring (bicyclic) bond motifs is 1. The number of thiophene rings is 1. The van der Waals surface area contributed by atoms with E-state index in [1.165, 1.54) is 0 Å². The molecule has 0 amide bonds. The maximum Gasteiger partial charge on any atom is 0.152 e. The second-order valence-electron chi connectivity index (χ2n) is 5.55. The van der Waals surface area contributed by atoms with Gasteiger partial charge in [0.1, 0.15) is 10.7 Å². The number of hydrogen-bond acceptors (Lipinski definition) is 7. The molecule has 0 saturated carbocycles. The fourth-order valence-corrected chi connectivity index (χ4v) is 3.61. The SMILES string of the molecule is COC1CN(Cc2nc(NN)c3ccsc3n2)CCC1C. The summed E-state index contributed by atoms with van der Waals surface area (Å²) in [7, 11) is 1.79. The lowest BCUT2D eigenvalue weighted by Gasteiger charge is -2.35. The van der Waals surface area contributed by atoms with Gasteiger partial charge in [-0.2, -0.15) is 0 Å². The van der Waals surface area contributed by atoms with Crippen molar-refractivity contribution in [2.75, 3.05) is 25.6 Å². The molecule has 2 aromatic heterocycles. The molecule has 1 aliphatic rings. The maximum absolute atomic E-state index is 5.57. The van der Waals surface area contributed by atoms with E-state index in [-0.39, 0.29) is 6.10 Å². The molecule has 0 aromatic carbocycles. The van der Waals surface area contributed by atoms with Crippen LogP contribution in [0.5, 0.6) is 0 Å². The lowest BCUT2D eigenvalue weighted by atomic mass is 9.96.